The van der Waals surface area contributed by atoms with Crippen molar-refractivity contribution in [1.82, 2.24) is 4.90 Å². The fourth-order valence-corrected chi connectivity index (χ4v) is 2.48. The number of likely N-dealkylation sites (N-methyl/N-ethyl adjacent to an activating group) is 1. The number of rotatable bonds is 4. The summed E-state index contributed by atoms with van der Waals surface area (Å²) in [4.78, 5) is 13.8. The Morgan fingerprint density at radius 3 is 1.53 bits per heavy atom. The zero-order valence-corrected chi connectivity index (χ0v) is 11.1. The van der Waals surface area contributed by atoms with E-state index in [0.29, 0.717) is 0 Å². The SMILES string of the molecule is CN(C)C(C(=O)O)(c1ccccc1)c1ccccc1. The number of carboxylic acids is 1. The van der Waals surface area contributed by atoms with Gasteiger partial charge in [-0.1, -0.05) is 60.7 Å². The summed E-state index contributed by atoms with van der Waals surface area (Å²) in [6.07, 6.45) is 0. The summed E-state index contributed by atoms with van der Waals surface area (Å²) in [6.45, 7) is 0. The molecule has 3 heteroatoms. The molecule has 0 heterocycles. The molecular formula is C16H17NO2. The first-order valence-electron chi connectivity index (χ1n) is 6.12. The molecule has 2 rings (SSSR count). The van der Waals surface area contributed by atoms with E-state index in [4.69, 9.17) is 0 Å². The molecule has 0 aliphatic heterocycles. The van der Waals surface area contributed by atoms with Crippen molar-refractivity contribution in [3.63, 3.8) is 0 Å². The highest BCUT2D eigenvalue weighted by Crippen LogP contribution is 2.34. The van der Waals surface area contributed by atoms with E-state index >= 15 is 0 Å². The van der Waals surface area contributed by atoms with Gasteiger partial charge in [0.25, 0.3) is 0 Å². The minimum atomic E-state index is -1.16. The molecule has 0 amide bonds. The Hall–Kier alpha value is -2.13. The molecule has 1 N–H and O–H groups in total. The van der Waals surface area contributed by atoms with Gasteiger partial charge in [-0.25, -0.2) is 4.79 Å². The summed E-state index contributed by atoms with van der Waals surface area (Å²) in [5.41, 5.74) is 0.333. The normalized spacial score (nSPS) is 11.5. The van der Waals surface area contributed by atoms with Crippen LogP contribution in [0.4, 0.5) is 0 Å². The molecule has 0 aliphatic carbocycles. The number of hydrogen-bond donors (Lipinski definition) is 1. The van der Waals surface area contributed by atoms with Gasteiger partial charge < -0.3 is 5.11 Å². The average Bonchev–Trinajstić information content (AvgIpc) is 2.41. The van der Waals surface area contributed by atoms with Crippen LogP contribution in [0.5, 0.6) is 0 Å². The maximum Gasteiger partial charge on any atom is 0.333 e. The predicted molar refractivity (Wildman–Crippen MR) is 75.0 cm³/mol. The minimum absolute atomic E-state index is 0.749. The van der Waals surface area contributed by atoms with Crippen molar-refractivity contribution in [3.05, 3.63) is 71.8 Å². The number of carbonyl (C=O) groups is 1. The molecule has 0 saturated carbocycles. The third-order valence-corrected chi connectivity index (χ3v) is 3.36. The van der Waals surface area contributed by atoms with Crippen molar-refractivity contribution >= 4 is 5.97 Å². The van der Waals surface area contributed by atoms with Gasteiger partial charge in [0.05, 0.1) is 0 Å². The Morgan fingerprint density at radius 1 is 0.895 bits per heavy atom. The van der Waals surface area contributed by atoms with E-state index in [0.717, 1.165) is 11.1 Å². The highest BCUT2D eigenvalue weighted by atomic mass is 16.4. The smallest absolute Gasteiger partial charge is 0.333 e. The predicted octanol–water partition coefficient (Wildman–Crippen LogP) is 2.58. The largest absolute Gasteiger partial charge is 0.479 e. The number of benzene rings is 2. The van der Waals surface area contributed by atoms with Crippen molar-refractivity contribution < 1.29 is 9.90 Å². The highest BCUT2D eigenvalue weighted by Gasteiger charge is 2.44. The molecule has 0 spiro atoms. The lowest BCUT2D eigenvalue weighted by Gasteiger charge is -2.36. The summed E-state index contributed by atoms with van der Waals surface area (Å²) >= 11 is 0. The van der Waals surface area contributed by atoms with Crippen molar-refractivity contribution in [2.75, 3.05) is 14.1 Å². The molecular weight excluding hydrogens is 238 g/mol. The molecule has 2 aromatic rings. The first kappa shape index (κ1) is 13.3. The van der Waals surface area contributed by atoms with Crippen LogP contribution < -0.4 is 0 Å². The van der Waals surface area contributed by atoms with Crippen LogP contribution >= 0.6 is 0 Å². The number of nitrogens with zero attached hydrogens (tertiary/aromatic N) is 1. The van der Waals surface area contributed by atoms with E-state index < -0.39 is 11.5 Å². The van der Waals surface area contributed by atoms with E-state index in [1.54, 1.807) is 19.0 Å². The number of aliphatic carboxylic acids is 1. The monoisotopic (exact) mass is 255 g/mol. The quantitative estimate of drug-likeness (QED) is 0.912. The van der Waals surface area contributed by atoms with Crippen LogP contribution in [0.2, 0.25) is 0 Å². The average molecular weight is 255 g/mol. The van der Waals surface area contributed by atoms with Gasteiger partial charge in [-0.2, -0.15) is 0 Å². The number of hydrogen-bond acceptors (Lipinski definition) is 2. The first-order valence-corrected chi connectivity index (χ1v) is 6.12. The van der Waals surface area contributed by atoms with E-state index in [-0.39, 0.29) is 0 Å². The summed E-state index contributed by atoms with van der Waals surface area (Å²) in [7, 11) is 3.57. The Bertz CT molecular complexity index is 510. The third kappa shape index (κ3) is 2.13. The second-order valence-electron chi connectivity index (χ2n) is 4.64. The molecule has 0 unspecified atom stereocenters. The topological polar surface area (TPSA) is 40.5 Å². The second kappa shape index (κ2) is 5.24. The summed E-state index contributed by atoms with van der Waals surface area (Å²) in [5.74, 6) is -0.880. The summed E-state index contributed by atoms with van der Waals surface area (Å²) in [6, 6.07) is 18.6. The molecule has 0 radical (unpaired) electrons. The molecule has 0 aromatic heterocycles. The van der Waals surface area contributed by atoms with Crippen LogP contribution in [0.3, 0.4) is 0 Å². The Labute approximate surface area is 113 Å². The van der Waals surface area contributed by atoms with Crippen LogP contribution in [-0.4, -0.2) is 30.1 Å². The Kier molecular flexibility index (Phi) is 3.67. The van der Waals surface area contributed by atoms with E-state index in [2.05, 4.69) is 0 Å². The maximum atomic E-state index is 12.0. The molecule has 0 saturated heterocycles. The van der Waals surface area contributed by atoms with Gasteiger partial charge in [-0.05, 0) is 25.2 Å². The Balaban J connectivity index is 2.73. The van der Waals surface area contributed by atoms with Crippen molar-refractivity contribution in [3.8, 4) is 0 Å². The van der Waals surface area contributed by atoms with Gasteiger partial charge in [-0.15, -0.1) is 0 Å². The molecule has 0 fully saturated rings. The molecule has 0 bridgehead atoms. The van der Waals surface area contributed by atoms with Gasteiger partial charge in [0.1, 0.15) is 0 Å². The minimum Gasteiger partial charge on any atom is -0.479 e. The van der Waals surface area contributed by atoms with E-state index in [9.17, 15) is 9.90 Å². The molecule has 0 atom stereocenters. The lowest BCUT2D eigenvalue weighted by molar-refractivity contribution is -0.147. The summed E-state index contributed by atoms with van der Waals surface area (Å²) < 4.78 is 0. The molecule has 0 aliphatic rings. The summed E-state index contributed by atoms with van der Waals surface area (Å²) in [5, 5.41) is 9.86. The fourth-order valence-electron chi connectivity index (χ4n) is 2.48. The van der Waals surface area contributed by atoms with Crippen LogP contribution in [0.15, 0.2) is 60.7 Å². The van der Waals surface area contributed by atoms with Crippen molar-refractivity contribution in [2.24, 2.45) is 0 Å². The van der Waals surface area contributed by atoms with Crippen LogP contribution in [0, 0.1) is 0 Å². The molecule has 3 nitrogen and oxygen atoms in total. The molecule has 2 aromatic carbocycles. The maximum absolute atomic E-state index is 12.0. The zero-order chi connectivity index (χ0) is 13.9. The van der Waals surface area contributed by atoms with Gasteiger partial charge >= 0.3 is 5.97 Å². The van der Waals surface area contributed by atoms with E-state index in [1.807, 2.05) is 60.7 Å². The van der Waals surface area contributed by atoms with Gasteiger partial charge in [-0.3, -0.25) is 4.90 Å². The standard InChI is InChI=1S/C16H17NO2/c1-17(2)16(15(18)19,13-9-5-3-6-10-13)14-11-7-4-8-12-14/h3-12H,1-2H3,(H,18,19). The van der Waals surface area contributed by atoms with Gasteiger partial charge in [0.2, 0.25) is 0 Å². The zero-order valence-electron chi connectivity index (χ0n) is 11.1. The third-order valence-electron chi connectivity index (χ3n) is 3.36. The first-order chi connectivity index (χ1) is 9.10. The molecule has 19 heavy (non-hydrogen) atoms. The van der Waals surface area contributed by atoms with E-state index in [1.165, 1.54) is 0 Å². The van der Waals surface area contributed by atoms with Gasteiger partial charge in [0.15, 0.2) is 5.54 Å². The van der Waals surface area contributed by atoms with Crippen LogP contribution in [0.25, 0.3) is 0 Å². The lowest BCUT2D eigenvalue weighted by atomic mass is 9.81. The number of carboxylic acid groups (broad SMARTS) is 1. The highest BCUT2D eigenvalue weighted by molar-refractivity contribution is 5.85. The van der Waals surface area contributed by atoms with Crippen LogP contribution in [0.1, 0.15) is 11.1 Å². The van der Waals surface area contributed by atoms with Crippen molar-refractivity contribution in [1.29, 1.82) is 0 Å². The Morgan fingerprint density at radius 2 is 1.26 bits per heavy atom. The van der Waals surface area contributed by atoms with Crippen LogP contribution in [-0.2, 0) is 10.3 Å². The lowest BCUT2D eigenvalue weighted by Crippen LogP contribution is -2.49. The van der Waals surface area contributed by atoms with Gasteiger partial charge in [0, 0.05) is 0 Å². The second-order valence-corrected chi connectivity index (χ2v) is 4.64. The molecule has 98 valence electrons. The van der Waals surface area contributed by atoms with Crippen molar-refractivity contribution in [2.45, 2.75) is 5.54 Å². The fraction of sp³-hybridized carbons (Fsp3) is 0.188.